The van der Waals surface area contributed by atoms with E-state index in [0.29, 0.717) is 12.2 Å². The second kappa shape index (κ2) is 6.30. The Balaban J connectivity index is 2.65. The number of nitrogens with zero attached hydrogens (tertiary/aromatic N) is 2. The lowest BCUT2D eigenvalue weighted by Crippen LogP contribution is -2.23. The molecule has 0 saturated heterocycles. The summed E-state index contributed by atoms with van der Waals surface area (Å²) in [6, 6.07) is 1.60. The smallest absolute Gasteiger partial charge is 0.310 e. The van der Waals surface area contributed by atoms with Crippen LogP contribution in [0.2, 0.25) is 0 Å². The average molecular weight is 253 g/mol. The third-order valence-corrected chi connectivity index (χ3v) is 2.77. The second-order valence-electron chi connectivity index (χ2n) is 4.99. The molecule has 0 bridgehead atoms. The maximum Gasteiger partial charge on any atom is 0.310 e. The highest BCUT2D eigenvalue weighted by Gasteiger charge is 2.19. The van der Waals surface area contributed by atoms with Crippen molar-refractivity contribution >= 4 is 11.4 Å². The topological polar surface area (TPSA) is 88.3 Å². The minimum Gasteiger partial charge on any atom is -0.396 e. The number of aliphatic hydroxyl groups is 1. The fourth-order valence-electron chi connectivity index (χ4n) is 1.66. The number of aliphatic hydroxyl groups excluding tert-OH is 1. The van der Waals surface area contributed by atoms with E-state index in [4.69, 9.17) is 5.11 Å². The molecule has 18 heavy (non-hydrogen) atoms. The van der Waals surface area contributed by atoms with Gasteiger partial charge in [0.2, 0.25) is 0 Å². The van der Waals surface area contributed by atoms with Crippen LogP contribution in [0.25, 0.3) is 0 Å². The van der Waals surface area contributed by atoms with E-state index >= 15 is 0 Å². The Bertz CT molecular complexity index is 407. The van der Waals surface area contributed by atoms with Gasteiger partial charge in [0.1, 0.15) is 11.9 Å². The fraction of sp³-hybridized carbons (Fsp3) is 0.583. The Morgan fingerprint density at radius 1 is 1.56 bits per heavy atom. The molecule has 0 atom stereocenters. The van der Waals surface area contributed by atoms with Gasteiger partial charge in [-0.3, -0.25) is 15.1 Å². The number of nitrogens with one attached hydrogen (secondary N) is 1. The summed E-state index contributed by atoms with van der Waals surface area (Å²) in [6.45, 7) is 4.89. The minimum absolute atomic E-state index is 0.0181. The van der Waals surface area contributed by atoms with Crippen molar-refractivity contribution in [1.29, 1.82) is 0 Å². The van der Waals surface area contributed by atoms with Crippen LogP contribution in [0, 0.1) is 15.5 Å². The molecule has 0 aliphatic heterocycles. The van der Waals surface area contributed by atoms with Crippen LogP contribution in [0.3, 0.4) is 0 Å². The maximum absolute atomic E-state index is 10.8. The molecular formula is C12H19N3O3. The summed E-state index contributed by atoms with van der Waals surface area (Å²) in [5.74, 6) is 0. The third kappa shape index (κ3) is 4.29. The standard InChI is InChI=1S/C12H19N3O3/c1-12(2,5-3-7-16)9-14-10-4-6-13-8-11(10)15(17)18/h4,6,8,16H,3,5,7,9H2,1-2H3,(H,13,14). The van der Waals surface area contributed by atoms with E-state index in [1.807, 2.05) is 0 Å². The second-order valence-corrected chi connectivity index (χ2v) is 4.99. The molecule has 0 amide bonds. The van der Waals surface area contributed by atoms with Crippen molar-refractivity contribution < 1.29 is 10.0 Å². The van der Waals surface area contributed by atoms with Crippen LogP contribution in [-0.4, -0.2) is 28.2 Å². The van der Waals surface area contributed by atoms with E-state index in [1.165, 1.54) is 12.4 Å². The summed E-state index contributed by atoms with van der Waals surface area (Å²) >= 11 is 0. The molecule has 1 rings (SSSR count). The first-order chi connectivity index (χ1) is 8.46. The van der Waals surface area contributed by atoms with Gasteiger partial charge in [-0.2, -0.15) is 0 Å². The molecule has 0 spiro atoms. The molecule has 2 N–H and O–H groups in total. The molecule has 100 valence electrons. The minimum atomic E-state index is -0.448. The highest BCUT2D eigenvalue weighted by molar-refractivity contribution is 5.59. The Labute approximate surface area is 106 Å². The maximum atomic E-state index is 10.8. The molecule has 6 heteroatoms. The van der Waals surface area contributed by atoms with Crippen molar-refractivity contribution in [2.24, 2.45) is 5.41 Å². The zero-order valence-corrected chi connectivity index (χ0v) is 10.7. The van der Waals surface area contributed by atoms with Gasteiger partial charge in [0.05, 0.1) is 4.92 Å². The van der Waals surface area contributed by atoms with Gasteiger partial charge in [-0.1, -0.05) is 13.8 Å². The molecule has 1 heterocycles. The summed E-state index contributed by atoms with van der Waals surface area (Å²) < 4.78 is 0. The predicted molar refractivity (Wildman–Crippen MR) is 69.5 cm³/mol. The summed E-state index contributed by atoms with van der Waals surface area (Å²) in [6.07, 6.45) is 4.35. The molecule has 0 fully saturated rings. The normalized spacial score (nSPS) is 11.3. The van der Waals surface area contributed by atoms with Gasteiger partial charge < -0.3 is 10.4 Å². The third-order valence-electron chi connectivity index (χ3n) is 2.77. The van der Waals surface area contributed by atoms with Crippen LogP contribution in [0.15, 0.2) is 18.5 Å². The van der Waals surface area contributed by atoms with Gasteiger partial charge in [-0.25, -0.2) is 0 Å². The van der Waals surface area contributed by atoms with Crippen molar-refractivity contribution in [1.82, 2.24) is 4.98 Å². The lowest BCUT2D eigenvalue weighted by atomic mass is 9.88. The van der Waals surface area contributed by atoms with Gasteiger partial charge >= 0.3 is 5.69 Å². The Morgan fingerprint density at radius 2 is 2.28 bits per heavy atom. The number of hydrogen-bond acceptors (Lipinski definition) is 5. The quantitative estimate of drug-likeness (QED) is 0.574. The van der Waals surface area contributed by atoms with Gasteiger partial charge in [-0.05, 0) is 24.3 Å². The van der Waals surface area contributed by atoms with Crippen molar-refractivity contribution in [2.75, 3.05) is 18.5 Å². The van der Waals surface area contributed by atoms with E-state index < -0.39 is 4.92 Å². The number of pyridine rings is 1. The zero-order valence-electron chi connectivity index (χ0n) is 10.7. The van der Waals surface area contributed by atoms with E-state index in [1.54, 1.807) is 6.07 Å². The van der Waals surface area contributed by atoms with E-state index in [9.17, 15) is 10.1 Å². The van der Waals surface area contributed by atoms with Crippen LogP contribution >= 0.6 is 0 Å². The average Bonchev–Trinajstić information content (AvgIpc) is 2.34. The number of rotatable bonds is 7. The lowest BCUT2D eigenvalue weighted by molar-refractivity contribution is -0.384. The van der Waals surface area contributed by atoms with Crippen molar-refractivity contribution in [2.45, 2.75) is 26.7 Å². The SMILES string of the molecule is CC(C)(CCCO)CNc1ccncc1[N+](=O)[O-]. The van der Waals surface area contributed by atoms with Crippen LogP contribution in [-0.2, 0) is 0 Å². The van der Waals surface area contributed by atoms with Crippen LogP contribution in [0.1, 0.15) is 26.7 Å². The van der Waals surface area contributed by atoms with Crippen molar-refractivity contribution in [3.63, 3.8) is 0 Å². The molecule has 6 nitrogen and oxygen atoms in total. The van der Waals surface area contributed by atoms with Gasteiger partial charge in [0.25, 0.3) is 0 Å². The summed E-state index contributed by atoms with van der Waals surface area (Å²) in [4.78, 5) is 14.1. The molecule has 1 aromatic rings. The van der Waals surface area contributed by atoms with Gasteiger partial charge in [-0.15, -0.1) is 0 Å². The number of anilines is 1. The molecule has 0 unspecified atom stereocenters. The molecule has 0 aromatic carbocycles. The van der Waals surface area contributed by atoms with Crippen LogP contribution < -0.4 is 5.32 Å². The number of aromatic nitrogens is 1. The summed E-state index contributed by atoms with van der Waals surface area (Å²) in [7, 11) is 0. The Kier molecular flexibility index (Phi) is 5.03. The first-order valence-corrected chi connectivity index (χ1v) is 5.89. The molecule has 0 radical (unpaired) electrons. The summed E-state index contributed by atoms with van der Waals surface area (Å²) in [5.41, 5.74) is 0.433. The zero-order chi connectivity index (χ0) is 13.6. The Morgan fingerprint density at radius 3 is 2.89 bits per heavy atom. The van der Waals surface area contributed by atoms with E-state index in [-0.39, 0.29) is 17.7 Å². The van der Waals surface area contributed by atoms with Gasteiger partial charge in [0.15, 0.2) is 0 Å². The van der Waals surface area contributed by atoms with Crippen LogP contribution in [0.5, 0.6) is 0 Å². The molecule has 0 saturated carbocycles. The Hall–Kier alpha value is -1.69. The first-order valence-electron chi connectivity index (χ1n) is 5.89. The summed E-state index contributed by atoms with van der Waals surface area (Å²) in [5, 5.41) is 22.7. The molecule has 0 aliphatic rings. The molecular weight excluding hydrogens is 234 g/mol. The van der Waals surface area contributed by atoms with Crippen molar-refractivity contribution in [3.8, 4) is 0 Å². The monoisotopic (exact) mass is 253 g/mol. The number of hydrogen-bond donors (Lipinski definition) is 2. The van der Waals surface area contributed by atoms with E-state index in [0.717, 1.165) is 12.8 Å². The van der Waals surface area contributed by atoms with E-state index in [2.05, 4.69) is 24.1 Å². The van der Waals surface area contributed by atoms with Crippen LogP contribution in [0.4, 0.5) is 11.4 Å². The first kappa shape index (κ1) is 14.4. The highest BCUT2D eigenvalue weighted by atomic mass is 16.6. The highest BCUT2D eigenvalue weighted by Crippen LogP contribution is 2.26. The predicted octanol–water partition coefficient (Wildman–Crippen LogP) is 2.20. The number of nitro groups is 1. The van der Waals surface area contributed by atoms with Gasteiger partial charge in [0, 0.05) is 19.3 Å². The molecule has 0 aliphatic carbocycles. The van der Waals surface area contributed by atoms with Crippen molar-refractivity contribution in [3.05, 3.63) is 28.6 Å². The molecule has 1 aromatic heterocycles. The largest absolute Gasteiger partial charge is 0.396 e. The fourth-order valence-corrected chi connectivity index (χ4v) is 1.66. The lowest BCUT2D eigenvalue weighted by Gasteiger charge is -2.25.